The minimum atomic E-state index is -0.862. The van der Waals surface area contributed by atoms with E-state index in [9.17, 15) is 14.7 Å². The molecule has 2 aromatic rings. The van der Waals surface area contributed by atoms with Crippen molar-refractivity contribution in [2.75, 3.05) is 53.0 Å². The van der Waals surface area contributed by atoms with E-state index in [1.165, 1.54) is 0 Å². The Morgan fingerprint density at radius 1 is 1.18 bits per heavy atom. The van der Waals surface area contributed by atoms with Crippen LogP contribution in [0.4, 0.5) is 0 Å². The second-order valence-corrected chi connectivity index (χ2v) is 10.2. The van der Waals surface area contributed by atoms with Gasteiger partial charge in [-0.25, -0.2) is 0 Å². The lowest BCUT2D eigenvalue weighted by Crippen LogP contribution is -2.46. The molecule has 3 atom stereocenters. The lowest BCUT2D eigenvalue weighted by Gasteiger charge is -2.29. The van der Waals surface area contributed by atoms with Crippen LogP contribution >= 0.6 is 0 Å². The number of unbranched alkanes of at least 4 members (excludes halogenated alkanes) is 1. The van der Waals surface area contributed by atoms with Crippen LogP contribution in [0.25, 0.3) is 0 Å². The number of carbonyl (C=O) groups is 2. The number of carboxylic acids is 1. The highest BCUT2D eigenvalue weighted by atomic mass is 16.5. The average Bonchev–Trinajstić information content (AvgIpc) is 3.55. The third-order valence-electron chi connectivity index (χ3n) is 7.79. The van der Waals surface area contributed by atoms with Gasteiger partial charge in [-0.3, -0.25) is 14.5 Å². The van der Waals surface area contributed by atoms with Gasteiger partial charge in [-0.2, -0.15) is 0 Å². The Balaban J connectivity index is 1.57. The van der Waals surface area contributed by atoms with Gasteiger partial charge in [-0.05, 0) is 42.2 Å². The monoisotopic (exact) mass is 539 g/mol. The molecule has 2 aromatic carbocycles. The fourth-order valence-electron chi connectivity index (χ4n) is 5.79. The van der Waals surface area contributed by atoms with Gasteiger partial charge in [0.25, 0.3) is 0 Å². The summed E-state index contributed by atoms with van der Waals surface area (Å²) in [7, 11) is 1.59. The Morgan fingerprint density at radius 3 is 2.69 bits per heavy atom. The Labute approximate surface area is 230 Å². The van der Waals surface area contributed by atoms with Crippen LogP contribution in [0.2, 0.25) is 0 Å². The molecule has 2 aliphatic rings. The lowest BCUT2D eigenvalue weighted by atomic mass is 9.83. The summed E-state index contributed by atoms with van der Waals surface area (Å²) >= 11 is 0. The van der Waals surface area contributed by atoms with E-state index in [0.717, 1.165) is 36.1 Å². The summed E-state index contributed by atoms with van der Waals surface area (Å²) in [6.45, 7) is 5.19. The van der Waals surface area contributed by atoms with E-state index in [-0.39, 0.29) is 24.4 Å². The Bertz CT molecular complexity index is 1130. The standard InChI is InChI=1S/C30H41N3O6/c1-3-4-14-32(15-13-31)28(34)20-33-19-23(21-9-10-25-22(18-21)11-16-38-25)29(30(35)36)24(33)12-17-39-27-8-6-5-7-26(27)37-2/h5-10,18,23-24,29H,3-4,11-17,19-20,31H2,1-2H3,(H,35,36). The number of hydrogen-bond acceptors (Lipinski definition) is 7. The number of fused-ring (bicyclic) bond motifs is 1. The molecule has 0 saturated carbocycles. The molecule has 2 aliphatic heterocycles. The maximum atomic E-state index is 13.4. The molecule has 3 N–H and O–H groups in total. The molecule has 1 fully saturated rings. The molecule has 0 aliphatic carbocycles. The Hall–Kier alpha value is -3.30. The molecule has 3 unspecified atom stereocenters. The van der Waals surface area contributed by atoms with Crippen molar-refractivity contribution in [3.63, 3.8) is 0 Å². The average molecular weight is 540 g/mol. The van der Waals surface area contributed by atoms with Crippen LogP contribution in [-0.2, 0) is 16.0 Å². The van der Waals surface area contributed by atoms with Crippen molar-refractivity contribution in [2.45, 2.75) is 44.6 Å². The van der Waals surface area contributed by atoms with Crippen molar-refractivity contribution < 1.29 is 28.9 Å². The van der Waals surface area contributed by atoms with E-state index >= 15 is 0 Å². The zero-order valence-corrected chi connectivity index (χ0v) is 23.0. The summed E-state index contributed by atoms with van der Waals surface area (Å²) in [6.07, 6.45) is 3.15. The predicted molar refractivity (Wildman–Crippen MR) is 149 cm³/mol. The summed E-state index contributed by atoms with van der Waals surface area (Å²) in [4.78, 5) is 30.0. The second kappa shape index (κ2) is 13.7. The van der Waals surface area contributed by atoms with E-state index in [2.05, 4.69) is 13.0 Å². The van der Waals surface area contributed by atoms with Gasteiger partial charge in [-0.15, -0.1) is 0 Å². The molecule has 9 heteroatoms. The Morgan fingerprint density at radius 2 is 1.97 bits per heavy atom. The minimum Gasteiger partial charge on any atom is -0.493 e. The number of methoxy groups -OCH3 is 1. The van der Waals surface area contributed by atoms with E-state index in [0.29, 0.717) is 57.3 Å². The lowest BCUT2D eigenvalue weighted by molar-refractivity contribution is -0.144. The maximum Gasteiger partial charge on any atom is 0.308 e. The maximum absolute atomic E-state index is 13.4. The third-order valence-corrected chi connectivity index (χ3v) is 7.79. The Kier molecular flexibility index (Phi) is 10.1. The largest absolute Gasteiger partial charge is 0.493 e. The quantitative estimate of drug-likeness (QED) is 0.376. The zero-order valence-electron chi connectivity index (χ0n) is 23.0. The van der Waals surface area contributed by atoms with Gasteiger partial charge in [-0.1, -0.05) is 37.6 Å². The van der Waals surface area contributed by atoms with Crippen LogP contribution in [-0.4, -0.2) is 85.9 Å². The fraction of sp³-hybridized carbons (Fsp3) is 0.533. The highest BCUT2D eigenvalue weighted by molar-refractivity contribution is 5.79. The summed E-state index contributed by atoms with van der Waals surface area (Å²) in [5.74, 6) is 0.282. The van der Waals surface area contributed by atoms with E-state index in [1.54, 1.807) is 7.11 Å². The number of para-hydroxylation sites is 2. The number of likely N-dealkylation sites (tertiary alicyclic amines) is 1. The normalized spacial score (nSPS) is 20.3. The molecule has 0 bridgehead atoms. The molecule has 212 valence electrons. The van der Waals surface area contributed by atoms with Crippen molar-refractivity contribution >= 4 is 11.9 Å². The molecule has 0 aromatic heterocycles. The van der Waals surface area contributed by atoms with Crippen molar-refractivity contribution in [3.8, 4) is 17.2 Å². The van der Waals surface area contributed by atoms with Gasteiger partial charge in [0, 0.05) is 44.6 Å². The van der Waals surface area contributed by atoms with Gasteiger partial charge in [0.15, 0.2) is 11.5 Å². The molecule has 9 nitrogen and oxygen atoms in total. The molecule has 0 spiro atoms. The summed E-state index contributed by atoms with van der Waals surface area (Å²) in [6, 6.07) is 13.0. The summed E-state index contributed by atoms with van der Waals surface area (Å²) in [5.41, 5.74) is 7.88. The molecule has 1 saturated heterocycles. The third kappa shape index (κ3) is 6.83. The van der Waals surface area contributed by atoms with Crippen LogP contribution in [0, 0.1) is 5.92 Å². The number of amides is 1. The first-order valence-corrected chi connectivity index (χ1v) is 13.9. The number of nitrogens with zero attached hydrogens (tertiary/aromatic N) is 2. The number of benzene rings is 2. The highest BCUT2D eigenvalue weighted by Crippen LogP contribution is 2.41. The molecule has 1 amide bonds. The first kappa shape index (κ1) is 28.7. The van der Waals surface area contributed by atoms with Crippen molar-refractivity contribution in [1.82, 2.24) is 9.80 Å². The molecular weight excluding hydrogens is 498 g/mol. The van der Waals surface area contributed by atoms with Crippen LogP contribution < -0.4 is 19.9 Å². The van der Waals surface area contributed by atoms with Gasteiger partial charge in [0.1, 0.15) is 5.75 Å². The molecule has 4 rings (SSSR count). The highest BCUT2D eigenvalue weighted by Gasteiger charge is 2.47. The van der Waals surface area contributed by atoms with Crippen LogP contribution in [0.15, 0.2) is 42.5 Å². The molecule has 2 heterocycles. The van der Waals surface area contributed by atoms with Gasteiger partial charge >= 0.3 is 5.97 Å². The van der Waals surface area contributed by atoms with E-state index < -0.39 is 11.9 Å². The number of carbonyl (C=O) groups excluding carboxylic acids is 1. The van der Waals surface area contributed by atoms with Gasteiger partial charge in [0.2, 0.25) is 5.91 Å². The number of rotatable bonds is 14. The van der Waals surface area contributed by atoms with E-state index in [1.807, 2.05) is 46.2 Å². The number of aliphatic carboxylic acids is 1. The topological polar surface area (TPSA) is 115 Å². The number of hydrogen-bond donors (Lipinski definition) is 2. The van der Waals surface area contributed by atoms with Crippen molar-refractivity contribution in [1.29, 1.82) is 0 Å². The summed E-state index contributed by atoms with van der Waals surface area (Å²) in [5, 5.41) is 10.4. The smallest absolute Gasteiger partial charge is 0.308 e. The second-order valence-electron chi connectivity index (χ2n) is 10.2. The van der Waals surface area contributed by atoms with Crippen molar-refractivity contribution in [3.05, 3.63) is 53.6 Å². The van der Waals surface area contributed by atoms with Crippen LogP contribution in [0.3, 0.4) is 0 Å². The van der Waals surface area contributed by atoms with E-state index in [4.69, 9.17) is 19.9 Å². The first-order chi connectivity index (χ1) is 19.0. The first-order valence-electron chi connectivity index (χ1n) is 13.9. The number of nitrogens with two attached hydrogens (primary N) is 1. The van der Waals surface area contributed by atoms with Gasteiger partial charge < -0.3 is 30.0 Å². The molecule has 39 heavy (non-hydrogen) atoms. The number of carboxylic acid groups (broad SMARTS) is 1. The zero-order chi connectivity index (χ0) is 27.8. The SMILES string of the molecule is CCCCN(CCN)C(=O)CN1CC(c2ccc3c(c2)CCO3)C(C(=O)O)C1CCOc1ccccc1OC. The fourth-order valence-corrected chi connectivity index (χ4v) is 5.79. The molecule has 0 radical (unpaired) electrons. The van der Waals surface area contributed by atoms with Crippen molar-refractivity contribution in [2.24, 2.45) is 11.7 Å². The minimum absolute atomic E-state index is 0.0170. The predicted octanol–water partition coefficient (Wildman–Crippen LogP) is 3.16. The summed E-state index contributed by atoms with van der Waals surface area (Å²) < 4.78 is 17.1. The van der Waals surface area contributed by atoms with Gasteiger partial charge in [0.05, 0.1) is 32.8 Å². The molecular formula is C30H41N3O6. The van der Waals surface area contributed by atoms with Crippen LogP contribution in [0.5, 0.6) is 17.2 Å². The van der Waals surface area contributed by atoms with Crippen LogP contribution in [0.1, 0.15) is 43.2 Å². The number of ether oxygens (including phenoxy) is 3.